The third kappa shape index (κ3) is 5.99. The third-order valence-corrected chi connectivity index (χ3v) is 4.76. The van der Waals surface area contributed by atoms with Crippen LogP contribution in [0.15, 0.2) is 24.3 Å². The molecule has 1 heterocycles. The van der Waals surface area contributed by atoms with Gasteiger partial charge in [-0.1, -0.05) is 20.8 Å². The molecule has 0 bridgehead atoms. The molecule has 0 N–H and O–H groups in total. The van der Waals surface area contributed by atoms with Crippen molar-refractivity contribution in [2.75, 3.05) is 13.2 Å². The van der Waals surface area contributed by atoms with E-state index in [1.54, 1.807) is 12.1 Å². The van der Waals surface area contributed by atoms with Gasteiger partial charge in [-0.25, -0.2) is 0 Å². The van der Waals surface area contributed by atoms with Gasteiger partial charge in [-0.15, -0.1) is 0 Å². The highest BCUT2D eigenvalue weighted by Crippen LogP contribution is 2.26. The first kappa shape index (κ1) is 20.7. The molecule has 0 radical (unpaired) electrons. The SMILES string of the molecule is CCC(C)(C)C(=O)Oc1ccc(OC(OC2CCOCC2)C(C)C)cc1. The molecular formula is C21H32O5. The maximum absolute atomic E-state index is 12.2. The molecule has 0 saturated carbocycles. The van der Waals surface area contributed by atoms with Gasteiger partial charge in [-0.2, -0.15) is 0 Å². The second kappa shape index (κ2) is 9.38. The van der Waals surface area contributed by atoms with Crippen LogP contribution in [0, 0.1) is 11.3 Å². The number of benzene rings is 1. The first-order valence-corrected chi connectivity index (χ1v) is 9.54. The van der Waals surface area contributed by atoms with E-state index in [1.165, 1.54) is 0 Å². The summed E-state index contributed by atoms with van der Waals surface area (Å²) < 4.78 is 23.0. The van der Waals surface area contributed by atoms with Gasteiger partial charge in [0.2, 0.25) is 6.29 Å². The van der Waals surface area contributed by atoms with Crippen LogP contribution in [-0.2, 0) is 14.3 Å². The number of hydrogen-bond acceptors (Lipinski definition) is 5. The van der Waals surface area contributed by atoms with Crippen LogP contribution < -0.4 is 9.47 Å². The highest BCUT2D eigenvalue weighted by Gasteiger charge is 2.28. The van der Waals surface area contributed by atoms with Crippen LogP contribution in [0.4, 0.5) is 0 Å². The average Bonchev–Trinajstić information content (AvgIpc) is 2.63. The van der Waals surface area contributed by atoms with Gasteiger partial charge < -0.3 is 18.9 Å². The van der Waals surface area contributed by atoms with Crippen LogP contribution in [0.1, 0.15) is 53.9 Å². The zero-order valence-corrected chi connectivity index (χ0v) is 16.6. The van der Waals surface area contributed by atoms with Gasteiger partial charge >= 0.3 is 5.97 Å². The van der Waals surface area contributed by atoms with E-state index < -0.39 is 5.41 Å². The van der Waals surface area contributed by atoms with E-state index in [2.05, 4.69) is 13.8 Å². The Morgan fingerprint density at radius 3 is 2.27 bits per heavy atom. The zero-order valence-electron chi connectivity index (χ0n) is 16.6. The molecule has 1 aromatic rings. The minimum absolute atomic E-state index is 0.174. The predicted octanol–water partition coefficient (Wildman–Crippen LogP) is 4.58. The largest absolute Gasteiger partial charge is 0.465 e. The first-order chi connectivity index (χ1) is 12.3. The van der Waals surface area contributed by atoms with Crippen molar-refractivity contribution in [1.29, 1.82) is 0 Å². The molecule has 5 heteroatoms. The molecule has 26 heavy (non-hydrogen) atoms. The fraction of sp³-hybridized carbons (Fsp3) is 0.667. The Labute approximate surface area is 157 Å². The van der Waals surface area contributed by atoms with Gasteiger partial charge in [0.1, 0.15) is 11.5 Å². The molecule has 146 valence electrons. The minimum atomic E-state index is -0.491. The Hall–Kier alpha value is -1.59. The van der Waals surface area contributed by atoms with E-state index in [4.69, 9.17) is 18.9 Å². The average molecular weight is 364 g/mol. The molecule has 1 aliphatic heterocycles. The van der Waals surface area contributed by atoms with Gasteiger partial charge in [-0.3, -0.25) is 4.79 Å². The summed E-state index contributed by atoms with van der Waals surface area (Å²) in [4.78, 5) is 12.2. The monoisotopic (exact) mass is 364 g/mol. The highest BCUT2D eigenvalue weighted by molar-refractivity contribution is 5.78. The predicted molar refractivity (Wildman–Crippen MR) is 100 cm³/mol. The molecule has 0 amide bonds. The van der Waals surface area contributed by atoms with E-state index in [-0.39, 0.29) is 24.3 Å². The fourth-order valence-electron chi connectivity index (χ4n) is 2.43. The van der Waals surface area contributed by atoms with Crippen molar-refractivity contribution < 1.29 is 23.7 Å². The molecule has 1 aromatic carbocycles. The van der Waals surface area contributed by atoms with Crippen molar-refractivity contribution in [1.82, 2.24) is 0 Å². The molecule has 1 atom stereocenters. The van der Waals surface area contributed by atoms with Crippen LogP contribution in [0.25, 0.3) is 0 Å². The third-order valence-electron chi connectivity index (χ3n) is 4.76. The molecule has 1 saturated heterocycles. The van der Waals surface area contributed by atoms with Crippen molar-refractivity contribution in [3.8, 4) is 11.5 Å². The van der Waals surface area contributed by atoms with Crippen molar-refractivity contribution in [3.63, 3.8) is 0 Å². The lowest BCUT2D eigenvalue weighted by atomic mass is 9.91. The lowest BCUT2D eigenvalue weighted by Gasteiger charge is -2.30. The Morgan fingerprint density at radius 2 is 1.73 bits per heavy atom. The number of ether oxygens (including phenoxy) is 4. The van der Waals surface area contributed by atoms with Gasteiger partial charge in [0.25, 0.3) is 0 Å². The molecule has 1 unspecified atom stereocenters. The van der Waals surface area contributed by atoms with Crippen molar-refractivity contribution in [2.45, 2.75) is 66.3 Å². The lowest BCUT2D eigenvalue weighted by Crippen LogP contribution is -2.34. The van der Waals surface area contributed by atoms with Crippen LogP contribution in [0.2, 0.25) is 0 Å². The van der Waals surface area contributed by atoms with Gasteiger partial charge in [0.05, 0.1) is 11.5 Å². The van der Waals surface area contributed by atoms with E-state index in [0.29, 0.717) is 11.5 Å². The first-order valence-electron chi connectivity index (χ1n) is 9.54. The summed E-state index contributed by atoms with van der Waals surface area (Å²) >= 11 is 0. The van der Waals surface area contributed by atoms with Crippen molar-refractivity contribution in [3.05, 3.63) is 24.3 Å². The highest BCUT2D eigenvalue weighted by atomic mass is 16.7. The molecule has 5 nitrogen and oxygen atoms in total. The second-order valence-electron chi connectivity index (χ2n) is 7.78. The van der Waals surface area contributed by atoms with Crippen molar-refractivity contribution >= 4 is 5.97 Å². The van der Waals surface area contributed by atoms with Crippen molar-refractivity contribution in [2.24, 2.45) is 11.3 Å². The number of esters is 1. The lowest BCUT2D eigenvalue weighted by molar-refractivity contribution is -0.162. The van der Waals surface area contributed by atoms with E-state index >= 15 is 0 Å². The van der Waals surface area contributed by atoms with Crippen LogP contribution >= 0.6 is 0 Å². The number of carbonyl (C=O) groups is 1. The summed E-state index contributed by atoms with van der Waals surface area (Å²) in [5.74, 6) is 1.22. The number of hydrogen-bond donors (Lipinski definition) is 0. The summed E-state index contributed by atoms with van der Waals surface area (Å²) in [6.45, 7) is 11.4. The maximum Gasteiger partial charge on any atom is 0.316 e. The van der Waals surface area contributed by atoms with E-state index in [1.807, 2.05) is 32.9 Å². The Bertz CT molecular complexity index is 558. The molecule has 0 aromatic heterocycles. The topological polar surface area (TPSA) is 54.0 Å². The quantitative estimate of drug-likeness (QED) is 0.384. The maximum atomic E-state index is 12.2. The Kier molecular flexibility index (Phi) is 7.47. The summed E-state index contributed by atoms with van der Waals surface area (Å²) in [6, 6.07) is 7.13. The summed E-state index contributed by atoms with van der Waals surface area (Å²) in [6.07, 6.45) is 2.38. The Morgan fingerprint density at radius 1 is 1.15 bits per heavy atom. The van der Waals surface area contributed by atoms with E-state index in [0.717, 1.165) is 32.5 Å². The van der Waals surface area contributed by atoms with Crippen LogP contribution in [0.5, 0.6) is 11.5 Å². The molecular weight excluding hydrogens is 332 g/mol. The standard InChI is InChI=1S/C21H32O5/c1-6-21(4,5)20(22)26-17-9-7-16(8-10-17)24-19(15(2)3)25-18-11-13-23-14-12-18/h7-10,15,18-19H,6,11-14H2,1-5H3. The molecule has 0 spiro atoms. The molecule has 2 rings (SSSR count). The molecule has 1 fully saturated rings. The molecule has 0 aliphatic carbocycles. The van der Waals surface area contributed by atoms with Crippen LogP contribution in [-0.4, -0.2) is 31.6 Å². The fourth-order valence-corrected chi connectivity index (χ4v) is 2.43. The summed E-state index contributed by atoms with van der Waals surface area (Å²) in [7, 11) is 0. The number of rotatable bonds is 8. The van der Waals surface area contributed by atoms with Gasteiger partial charge in [-0.05, 0) is 57.4 Å². The summed E-state index contributed by atoms with van der Waals surface area (Å²) in [5.41, 5.74) is -0.491. The molecule has 1 aliphatic rings. The number of carbonyl (C=O) groups excluding carboxylic acids is 1. The van der Waals surface area contributed by atoms with E-state index in [9.17, 15) is 4.79 Å². The van der Waals surface area contributed by atoms with Gasteiger partial charge in [0, 0.05) is 19.1 Å². The Balaban J connectivity index is 1.94. The van der Waals surface area contributed by atoms with Gasteiger partial charge in [0.15, 0.2) is 0 Å². The minimum Gasteiger partial charge on any atom is -0.465 e. The normalized spacial score (nSPS) is 17.2. The smallest absolute Gasteiger partial charge is 0.316 e. The van der Waals surface area contributed by atoms with Crippen LogP contribution in [0.3, 0.4) is 0 Å². The summed E-state index contributed by atoms with van der Waals surface area (Å²) in [5, 5.41) is 0. The zero-order chi connectivity index (χ0) is 19.2. The second-order valence-corrected chi connectivity index (χ2v) is 7.78.